The van der Waals surface area contributed by atoms with Gasteiger partial charge in [0.2, 0.25) is 0 Å². The zero-order valence-corrected chi connectivity index (χ0v) is 13.2. The van der Waals surface area contributed by atoms with Crippen LogP contribution in [0.2, 0.25) is 0 Å². The minimum absolute atomic E-state index is 0.0239. The molecule has 0 spiro atoms. The topological polar surface area (TPSA) is 78.4 Å². The standard InChI is InChI=1S/C15H22N2O3S/c1-10-5-11(2)7-12(6-10)14(18)8-16-15(19)17-13-3-4-21(20)9-13/h5-7,13-14,18H,3-4,8-9H2,1-2H3,(H2,16,17,19)/t13-,14-,21+/m1/s1. The molecule has 1 aromatic rings. The molecule has 0 aromatic heterocycles. The Morgan fingerprint density at radius 3 is 2.62 bits per heavy atom. The fourth-order valence-electron chi connectivity index (χ4n) is 2.52. The summed E-state index contributed by atoms with van der Waals surface area (Å²) in [5.41, 5.74) is 2.97. The van der Waals surface area contributed by atoms with E-state index >= 15 is 0 Å². The van der Waals surface area contributed by atoms with Gasteiger partial charge in [-0.05, 0) is 25.8 Å². The van der Waals surface area contributed by atoms with Gasteiger partial charge in [-0.2, -0.15) is 0 Å². The van der Waals surface area contributed by atoms with E-state index in [9.17, 15) is 14.1 Å². The molecule has 116 valence electrons. The molecule has 1 saturated heterocycles. The molecule has 6 heteroatoms. The molecule has 0 saturated carbocycles. The van der Waals surface area contributed by atoms with Gasteiger partial charge in [0.25, 0.3) is 0 Å². The zero-order valence-electron chi connectivity index (χ0n) is 12.4. The Kier molecular flexibility index (Phi) is 5.36. The molecule has 1 aromatic carbocycles. The van der Waals surface area contributed by atoms with Gasteiger partial charge in [0.15, 0.2) is 0 Å². The Balaban J connectivity index is 1.81. The minimum Gasteiger partial charge on any atom is -0.387 e. The first-order valence-electron chi connectivity index (χ1n) is 7.09. The van der Waals surface area contributed by atoms with E-state index in [1.54, 1.807) is 0 Å². The molecule has 0 radical (unpaired) electrons. The second-order valence-corrected chi connectivity index (χ2v) is 7.21. The monoisotopic (exact) mass is 310 g/mol. The van der Waals surface area contributed by atoms with Crippen molar-refractivity contribution in [2.75, 3.05) is 18.1 Å². The molecule has 2 amide bonds. The van der Waals surface area contributed by atoms with Gasteiger partial charge in [0, 0.05) is 34.9 Å². The Bertz CT molecular complexity index is 527. The Labute approximate surface area is 127 Å². The average molecular weight is 310 g/mol. The number of rotatable bonds is 4. The lowest BCUT2D eigenvalue weighted by atomic mass is 10.0. The van der Waals surface area contributed by atoms with Crippen molar-refractivity contribution in [3.8, 4) is 0 Å². The smallest absolute Gasteiger partial charge is 0.315 e. The fraction of sp³-hybridized carbons (Fsp3) is 0.533. The summed E-state index contributed by atoms with van der Waals surface area (Å²) in [5.74, 6) is 1.17. The summed E-state index contributed by atoms with van der Waals surface area (Å²) in [4.78, 5) is 11.7. The molecule has 3 N–H and O–H groups in total. The van der Waals surface area contributed by atoms with Crippen molar-refractivity contribution in [2.45, 2.75) is 32.4 Å². The van der Waals surface area contributed by atoms with Gasteiger partial charge in [-0.1, -0.05) is 29.3 Å². The van der Waals surface area contributed by atoms with Crippen LogP contribution in [-0.2, 0) is 10.8 Å². The summed E-state index contributed by atoms with van der Waals surface area (Å²) in [6.07, 6.45) is 0.0201. The highest BCUT2D eigenvalue weighted by atomic mass is 32.2. The third-order valence-corrected chi connectivity index (χ3v) is 4.97. The molecule has 1 aliphatic rings. The molecule has 2 rings (SSSR count). The van der Waals surface area contributed by atoms with Crippen molar-refractivity contribution in [2.24, 2.45) is 0 Å². The maximum absolute atomic E-state index is 11.7. The van der Waals surface area contributed by atoms with Gasteiger partial charge in [-0.15, -0.1) is 0 Å². The van der Waals surface area contributed by atoms with Gasteiger partial charge in [0.1, 0.15) is 0 Å². The van der Waals surface area contributed by atoms with E-state index in [-0.39, 0.29) is 18.6 Å². The molecular weight excluding hydrogens is 288 g/mol. The van der Waals surface area contributed by atoms with Gasteiger partial charge in [0.05, 0.1) is 6.10 Å². The van der Waals surface area contributed by atoms with Gasteiger partial charge in [-0.3, -0.25) is 4.21 Å². The quantitative estimate of drug-likeness (QED) is 0.781. The highest BCUT2D eigenvalue weighted by Gasteiger charge is 2.22. The summed E-state index contributed by atoms with van der Waals surface area (Å²) in [6, 6.07) is 5.53. The first-order valence-corrected chi connectivity index (χ1v) is 8.58. The van der Waals surface area contributed by atoms with E-state index in [2.05, 4.69) is 10.6 Å². The largest absolute Gasteiger partial charge is 0.387 e. The second kappa shape index (κ2) is 7.04. The van der Waals surface area contributed by atoms with Gasteiger partial charge < -0.3 is 15.7 Å². The predicted octanol–water partition coefficient (Wildman–Crippen LogP) is 1.16. The van der Waals surface area contributed by atoms with Crippen LogP contribution in [0.4, 0.5) is 4.79 Å². The van der Waals surface area contributed by atoms with Crippen LogP contribution >= 0.6 is 0 Å². The van der Waals surface area contributed by atoms with Crippen molar-refractivity contribution in [3.63, 3.8) is 0 Å². The average Bonchev–Trinajstić information content (AvgIpc) is 2.80. The highest BCUT2D eigenvalue weighted by Crippen LogP contribution is 2.16. The van der Waals surface area contributed by atoms with Crippen molar-refractivity contribution in [1.29, 1.82) is 0 Å². The van der Waals surface area contributed by atoms with E-state index < -0.39 is 16.9 Å². The number of hydrogen-bond donors (Lipinski definition) is 3. The van der Waals surface area contributed by atoms with E-state index in [4.69, 9.17) is 0 Å². The second-order valence-electron chi connectivity index (χ2n) is 5.59. The van der Waals surface area contributed by atoms with Gasteiger partial charge >= 0.3 is 6.03 Å². The molecule has 1 aliphatic heterocycles. The molecular formula is C15H22N2O3S. The van der Waals surface area contributed by atoms with Crippen LogP contribution in [0.25, 0.3) is 0 Å². The number of aliphatic hydroxyl groups excluding tert-OH is 1. The summed E-state index contributed by atoms with van der Waals surface area (Å²) < 4.78 is 11.2. The minimum atomic E-state index is -0.809. The Morgan fingerprint density at radius 1 is 1.38 bits per heavy atom. The van der Waals surface area contributed by atoms with Crippen LogP contribution in [0.5, 0.6) is 0 Å². The molecule has 1 fully saturated rings. The van der Waals surface area contributed by atoms with Crippen molar-refractivity contribution in [3.05, 3.63) is 34.9 Å². The summed E-state index contributed by atoms with van der Waals surface area (Å²) in [6.45, 7) is 4.11. The van der Waals surface area contributed by atoms with E-state index in [0.717, 1.165) is 23.1 Å². The Hall–Kier alpha value is -1.40. The molecule has 21 heavy (non-hydrogen) atoms. The lowest BCUT2D eigenvalue weighted by Crippen LogP contribution is -2.43. The molecule has 0 unspecified atom stereocenters. The van der Waals surface area contributed by atoms with Crippen LogP contribution in [0.3, 0.4) is 0 Å². The van der Waals surface area contributed by atoms with E-state index in [1.807, 2.05) is 32.0 Å². The van der Waals surface area contributed by atoms with E-state index in [0.29, 0.717) is 11.5 Å². The highest BCUT2D eigenvalue weighted by molar-refractivity contribution is 7.85. The van der Waals surface area contributed by atoms with Gasteiger partial charge in [-0.25, -0.2) is 4.79 Å². The SMILES string of the molecule is Cc1cc(C)cc([C@H](O)CNC(=O)N[C@@H]2CC[S@](=O)C2)c1. The van der Waals surface area contributed by atoms with Crippen LogP contribution in [-0.4, -0.2) is 39.4 Å². The zero-order chi connectivity index (χ0) is 15.4. The molecule has 5 nitrogen and oxygen atoms in total. The third kappa shape index (κ3) is 4.82. The maximum Gasteiger partial charge on any atom is 0.315 e. The number of hydrogen-bond acceptors (Lipinski definition) is 3. The molecule has 3 atom stereocenters. The first-order chi connectivity index (χ1) is 9.94. The molecule has 0 bridgehead atoms. The normalized spacial score (nSPS) is 22.8. The number of benzene rings is 1. The number of carbonyl (C=O) groups is 1. The summed E-state index contributed by atoms with van der Waals surface area (Å²) >= 11 is 0. The predicted molar refractivity (Wildman–Crippen MR) is 83.7 cm³/mol. The number of urea groups is 1. The van der Waals surface area contributed by atoms with Crippen LogP contribution in [0.1, 0.15) is 29.2 Å². The molecule has 0 aliphatic carbocycles. The van der Waals surface area contributed by atoms with Crippen LogP contribution < -0.4 is 10.6 Å². The lowest BCUT2D eigenvalue weighted by molar-refractivity contribution is 0.172. The van der Waals surface area contributed by atoms with Crippen molar-refractivity contribution < 1.29 is 14.1 Å². The molecule has 1 heterocycles. The summed E-state index contributed by atoms with van der Waals surface area (Å²) in [7, 11) is -0.809. The lowest BCUT2D eigenvalue weighted by Gasteiger charge is -2.16. The number of amides is 2. The number of nitrogens with one attached hydrogen (secondary N) is 2. The van der Waals surface area contributed by atoms with E-state index in [1.165, 1.54) is 0 Å². The van der Waals surface area contributed by atoms with Crippen molar-refractivity contribution in [1.82, 2.24) is 10.6 Å². The van der Waals surface area contributed by atoms with Crippen LogP contribution in [0, 0.1) is 13.8 Å². The third-order valence-electron chi connectivity index (χ3n) is 3.50. The summed E-state index contributed by atoms with van der Waals surface area (Å²) in [5, 5.41) is 15.6. The number of carbonyl (C=O) groups excluding carboxylic acids is 1. The fourth-order valence-corrected chi connectivity index (χ4v) is 3.94. The van der Waals surface area contributed by atoms with Crippen molar-refractivity contribution >= 4 is 16.8 Å². The number of aryl methyl sites for hydroxylation is 2. The Morgan fingerprint density at radius 2 is 2.05 bits per heavy atom. The number of aliphatic hydroxyl groups is 1. The first kappa shape index (κ1) is 16.0. The van der Waals surface area contributed by atoms with Crippen LogP contribution in [0.15, 0.2) is 18.2 Å². The maximum atomic E-state index is 11.7.